The normalized spacial score (nSPS) is 29.9. The molecule has 0 aromatic rings. The first-order valence-corrected chi connectivity index (χ1v) is 6.41. The van der Waals surface area contributed by atoms with Gasteiger partial charge in [0.05, 0.1) is 5.92 Å². The molecule has 92 valence electrons. The molecule has 0 spiro atoms. The Labute approximate surface area is 101 Å². The molecule has 3 nitrogen and oxygen atoms in total. The predicted octanol–water partition coefficient (Wildman–Crippen LogP) is 2.10. The summed E-state index contributed by atoms with van der Waals surface area (Å²) in [7, 11) is 0. The monoisotopic (exact) mass is 234 g/mol. The quantitative estimate of drug-likeness (QED) is 0.553. The Morgan fingerprint density at radius 1 is 1.00 bits per heavy atom. The van der Waals surface area contributed by atoms with Crippen LogP contribution in [0.1, 0.15) is 38.5 Å². The highest BCUT2D eigenvalue weighted by Crippen LogP contribution is 2.32. The third-order valence-electron chi connectivity index (χ3n) is 4.05. The van der Waals surface area contributed by atoms with E-state index in [1.54, 1.807) is 0 Å². The summed E-state index contributed by atoms with van der Waals surface area (Å²) >= 11 is 0. The van der Waals surface area contributed by atoms with Gasteiger partial charge in [-0.15, -0.1) is 0 Å². The second-order valence-corrected chi connectivity index (χ2v) is 5.18. The maximum Gasteiger partial charge on any atom is 0.166 e. The minimum atomic E-state index is -0.404. The van der Waals surface area contributed by atoms with E-state index in [0.717, 1.165) is 38.4 Å². The zero-order valence-electron chi connectivity index (χ0n) is 9.93. The maximum atomic E-state index is 11.4. The fourth-order valence-electron chi connectivity index (χ4n) is 2.84. The van der Waals surface area contributed by atoms with Crippen LogP contribution in [0.25, 0.3) is 0 Å². The summed E-state index contributed by atoms with van der Waals surface area (Å²) in [4.78, 5) is 33.4. The molecule has 0 atom stereocenters. The summed E-state index contributed by atoms with van der Waals surface area (Å²) in [5.41, 5.74) is 0. The van der Waals surface area contributed by atoms with E-state index in [1.165, 1.54) is 12.2 Å². The zero-order valence-corrected chi connectivity index (χ0v) is 9.93. The Hall–Kier alpha value is -1.25. The van der Waals surface area contributed by atoms with Crippen molar-refractivity contribution in [1.82, 2.24) is 0 Å². The lowest BCUT2D eigenvalue weighted by molar-refractivity contribution is -0.126. The molecular formula is C14H18O3. The van der Waals surface area contributed by atoms with E-state index in [0.29, 0.717) is 12.3 Å². The lowest BCUT2D eigenvalue weighted by Crippen LogP contribution is -2.19. The van der Waals surface area contributed by atoms with Gasteiger partial charge >= 0.3 is 0 Å². The van der Waals surface area contributed by atoms with E-state index < -0.39 is 5.92 Å². The van der Waals surface area contributed by atoms with Gasteiger partial charge in [0.1, 0.15) is 6.29 Å². The van der Waals surface area contributed by atoms with Gasteiger partial charge in [-0.1, -0.05) is 0 Å². The molecule has 0 heterocycles. The molecule has 0 N–H and O–H groups in total. The second-order valence-electron chi connectivity index (χ2n) is 5.18. The highest BCUT2D eigenvalue weighted by Gasteiger charge is 2.29. The number of allylic oxidation sites excluding steroid dienone is 2. The van der Waals surface area contributed by atoms with Crippen LogP contribution in [-0.2, 0) is 14.4 Å². The summed E-state index contributed by atoms with van der Waals surface area (Å²) in [6.45, 7) is 0. The summed E-state index contributed by atoms with van der Waals surface area (Å²) in [6.07, 6.45) is 9.54. The zero-order chi connectivity index (χ0) is 12.3. The van der Waals surface area contributed by atoms with Crippen molar-refractivity contribution in [2.24, 2.45) is 17.8 Å². The van der Waals surface area contributed by atoms with Crippen LogP contribution < -0.4 is 0 Å². The Morgan fingerprint density at radius 2 is 1.59 bits per heavy atom. The first-order chi connectivity index (χ1) is 8.20. The van der Waals surface area contributed by atoms with Crippen molar-refractivity contribution in [2.45, 2.75) is 38.5 Å². The van der Waals surface area contributed by atoms with Crippen LogP contribution in [0.15, 0.2) is 12.2 Å². The fourth-order valence-corrected chi connectivity index (χ4v) is 2.84. The number of aldehydes is 1. The van der Waals surface area contributed by atoms with Crippen molar-refractivity contribution in [3.63, 3.8) is 0 Å². The molecule has 0 aliphatic heterocycles. The number of ketones is 2. The van der Waals surface area contributed by atoms with Crippen LogP contribution in [0.3, 0.4) is 0 Å². The van der Waals surface area contributed by atoms with Crippen molar-refractivity contribution in [3.05, 3.63) is 12.2 Å². The molecule has 1 fully saturated rings. The van der Waals surface area contributed by atoms with Crippen LogP contribution >= 0.6 is 0 Å². The standard InChI is InChI=1S/C14H18O3/c15-9-11-3-1-10(2-4-11)5-6-12-13(16)7-8-14(12)17/h7-12H,1-6H2. The lowest BCUT2D eigenvalue weighted by atomic mass is 9.79. The van der Waals surface area contributed by atoms with E-state index in [1.807, 2.05) is 0 Å². The number of hydrogen-bond donors (Lipinski definition) is 0. The van der Waals surface area contributed by atoms with Gasteiger partial charge in [-0.2, -0.15) is 0 Å². The first-order valence-electron chi connectivity index (χ1n) is 6.41. The van der Waals surface area contributed by atoms with Gasteiger partial charge in [0.15, 0.2) is 11.6 Å². The smallest absolute Gasteiger partial charge is 0.166 e. The van der Waals surface area contributed by atoms with Gasteiger partial charge in [-0.3, -0.25) is 9.59 Å². The summed E-state index contributed by atoms with van der Waals surface area (Å²) in [6, 6.07) is 0. The number of carbonyl (C=O) groups excluding carboxylic acids is 3. The molecule has 0 unspecified atom stereocenters. The third-order valence-corrected chi connectivity index (χ3v) is 4.05. The molecule has 2 aliphatic carbocycles. The SMILES string of the molecule is O=CC1CCC(CCC2C(=O)C=CC2=O)CC1. The molecule has 2 aliphatic rings. The Balaban J connectivity index is 1.74. The average Bonchev–Trinajstić information content (AvgIpc) is 2.67. The Kier molecular flexibility index (Phi) is 3.87. The molecule has 0 bridgehead atoms. The molecule has 0 amide bonds. The average molecular weight is 234 g/mol. The van der Waals surface area contributed by atoms with Gasteiger partial charge in [0, 0.05) is 5.92 Å². The van der Waals surface area contributed by atoms with Crippen molar-refractivity contribution in [2.75, 3.05) is 0 Å². The van der Waals surface area contributed by atoms with Gasteiger partial charge < -0.3 is 4.79 Å². The highest BCUT2D eigenvalue weighted by molar-refractivity contribution is 6.18. The fraction of sp³-hybridized carbons (Fsp3) is 0.643. The number of rotatable bonds is 4. The Morgan fingerprint density at radius 3 is 2.12 bits per heavy atom. The molecule has 2 rings (SSSR count). The second kappa shape index (κ2) is 5.39. The molecule has 0 saturated heterocycles. The minimum absolute atomic E-state index is 0.0309. The number of hydrogen-bond acceptors (Lipinski definition) is 3. The van der Waals surface area contributed by atoms with Gasteiger partial charge in [0.2, 0.25) is 0 Å². The van der Waals surface area contributed by atoms with E-state index in [-0.39, 0.29) is 17.5 Å². The maximum absolute atomic E-state index is 11.4. The van der Waals surface area contributed by atoms with Crippen molar-refractivity contribution in [1.29, 1.82) is 0 Å². The summed E-state index contributed by atoms with van der Waals surface area (Å²) in [5, 5.41) is 0. The molecule has 17 heavy (non-hydrogen) atoms. The largest absolute Gasteiger partial charge is 0.303 e. The Bertz CT molecular complexity index is 330. The first kappa shape index (κ1) is 12.2. The van der Waals surface area contributed by atoms with Crippen LogP contribution in [-0.4, -0.2) is 17.9 Å². The molecule has 0 radical (unpaired) electrons. The van der Waals surface area contributed by atoms with Crippen molar-refractivity contribution >= 4 is 17.9 Å². The van der Waals surface area contributed by atoms with Gasteiger partial charge in [-0.25, -0.2) is 0 Å². The molecular weight excluding hydrogens is 216 g/mol. The lowest BCUT2D eigenvalue weighted by Gasteiger charge is -2.25. The predicted molar refractivity (Wildman–Crippen MR) is 63.4 cm³/mol. The van der Waals surface area contributed by atoms with E-state index >= 15 is 0 Å². The third kappa shape index (κ3) is 2.90. The molecule has 1 saturated carbocycles. The summed E-state index contributed by atoms with van der Waals surface area (Å²) < 4.78 is 0. The minimum Gasteiger partial charge on any atom is -0.303 e. The van der Waals surface area contributed by atoms with E-state index in [9.17, 15) is 14.4 Å². The topological polar surface area (TPSA) is 51.2 Å². The van der Waals surface area contributed by atoms with Crippen LogP contribution in [0.4, 0.5) is 0 Å². The summed E-state index contributed by atoms with van der Waals surface area (Å²) in [5.74, 6) is 0.363. The van der Waals surface area contributed by atoms with Gasteiger partial charge in [0.25, 0.3) is 0 Å². The van der Waals surface area contributed by atoms with Crippen LogP contribution in [0, 0.1) is 17.8 Å². The highest BCUT2D eigenvalue weighted by atomic mass is 16.2. The van der Waals surface area contributed by atoms with Crippen molar-refractivity contribution in [3.8, 4) is 0 Å². The molecule has 0 aromatic carbocycles. The van der Waals surface area contributed by atoms with E-state index in [4.69, 9.17) is 0 Å². The van der Waals surface area contributed by atoms with Crippen LogP contribution in [0.2, 0.25) is 0 Å². The number of carbonyl (C=O) groups is 3. The van der Waals surface area contributed by atoms with Gasteiger partial charge in [-0.05, 0) is 56.6 Å². The molecule has 3 heteroatoms. The van der Waals surface area contributed by atoms with Crippen LogP contribution in [0.5, 0.6) is 0 Å². The van der Waals surface area contributed by atoms with E-state index in [2.05, 4.69) is 0 Å². The molecule has 0 aromatic heterocycles. The van der Waals surface area contributed by atoms with Crippen molar-refractivity contribution < 1.29 is 14.4 Å².